The Morgan fingerprint density at radius 1 is 1.35 bits per heavy atom. The molecule has 0 aliphatic carbocycles. The number of thioether (sulfide) groups is 1. The van der Waals surface area contributed by atoms with Crippen molar-refractivity contribution in [1.82, 2.24) is 25.1 Å². The van der Waals surface area contributed by atoms with E-state index < -0.39 is 11.7 Å². The third-order valence-corrected chi connectivity index (χ3v) is 4.76. The lowest BCUT2D eigenvalue weighted by atomic mass is 10.0. The van der Waals surface area contributed by atoms with E-state index in [0.717, 1.165) is 24.1 Å². The molecule has 1 atom stereocenters. The highest BCUT2D eigenvalue weighted by Crippen LogP contribution is 2.34. The van der Waals surface area contributed by atoms with Gasteiger partial charge in [0.25, 0.3) is 0 Å². The molecule has 0 bridgehead atoms. The molecule has 3 rings (SSSR count). The summed E-state index contributed by atoms with van der Waals surface area (Å²) in [4.78, 5) is 3.50. The number of aromatic nitrogens is 4. The van der Waals surface area contributed by atoms with Crippen LogP contribution in [0, 0.1) is 0 Å². The molecule has 0 amide bonds. The zero-order chi connectivity index (χ0) is 16.4. The van der Waals surface area contributed by atoms with Gasteiger partial charge in [0.2, 0.25) is 0 Å². The number of nitrogens with zero attached hydrogens (tertiary/aromatic N) is 5. The molecule has 2 heterocycles. The molecule has 0 radical (unpaired) electrons. The molecule has 23 heavy (non-hydrogen) atoms. The molecule has 1 fully saturated rings. The van der Waals surface area contributed by atoms with Crippen LogP contribution in [0.2, 0.25) is 0 Å². The van der Waals surface area contributed by atoms with Crippen molar-refractivity contribution in [1.29, 1.82) is 0 Å². The predicted molar refractivity (Wildman–Crippen MR) is 80.7 cm³/mol. The van der Waals surface area contributed by atoms with Gasteiger partial charge in [0, 0.05) is 24.1 Å². The van der Waals surface area contributed by atoms with Crippen LogP contribution in [0.4, 0.5) is 13.2 Å². The van der Waals surface area contributed by atoms with E-state index >= 15 is 0 Å². The largest absolute Gasteiger partial charge is 0.416 e. The smallest absolute Gasteiger partial charge is 0.287 e. The van der Waals surface area contributed by atoms with Crippen LogP contribution >= 0.6 is 11.8 Å². The van der Waals surface area contributed by atoms with Crippen LogP contribution in [0.3, 0.4) is 0 Å². The lowest BCUT2D eigenvalue weighted by Gasteiger charge is -2.35. The van der Waals surface area contributed by atoms with E-state index in [4.69, 9.17) is 0 Å². The van der Waals surface area contributed by atoms with Crippen molar-refractivity contribution < 1.29 is 13.2 Å². The fraction of sp³-hybridized carbons (Fsp3) is 0.500. The van der Waals surface area contributed by atoms with Gasteiger partial charge in [-0.05, 0) is 22.9 Å². The SMILES string of the molecule is Cn1nnc(CN2CCSCC2c2cccc(C(F)(F)F)c2)n1. The number of benzene rings is 1. The summed E-state index contributed by atoms with van der Waals surface area (Å²) >= 11 is 1.75. The van der Waals surface area contributed by atoms with E-state index in [1.165, 1.54) is 16.9 Å². The number of tetrazole rings is 1. The van der Waals surface area contributed by atoms with Crippen LogP contribution in [-0.2, 0) is 19.8 Å². The summed E-state index contributed by atoms with van der Waals surface area (Å²) in [5.74, 6) is 2.27. The van der Waals surface area contributed by atoms with Gasteiger partial charge >= 0.3 is 6.18 Å². The summed E-state index contributed by atoms with van der Waals surface area (Å²) in [7, 11) is 1.69. The Kier molecular flexibility index (Phi) is 4.58. The number of hydrogen-bond donors (Lipinski definition) is 0. The molecule has 0 saturated carbocycles. The molecule has 1 unspecified atom stereocenters. The molecular weight excluding hydrogens is 327 g/mol. The number of rotatable bonds is 3. The van der Waals surface area contributed by atoms with Crippen molar-refractivity contribution in [3.05, 3.63) is 41.2 Å². The standard InChI is InChI=1S/C14H16F3N5S/c1-21-19-13(18-20-21)8-22-5-6-23-9-12(22)10-3-2-4-11(7-10)14(15,16)17/h2-4,7,12H,5-6,8-9H2,1H3. The second-order valence-electron chi connectivity index (χ2n) is 5.38. The maximum Gasteiger partial charge on any atom is 0.416 e. The predicted octanol–water partition coefficient (Wildman–Crippen LogP) is 2.52. The number of alkyl halides is 3. The Morgan fingerprint density at radius 3 is 2.87 bits per heavy atom. The fourth-order valence-electron chi connectivity index (χ4n) is 2.62. The lowest BCUT2D eigenvalue weighted by molar-refractivity contribution is -0.137. The van der Waals surface area contributed by atoms with Crippen LogP contribution in [0.5, 0.6) is 0 Å². The van der Waals surface area contributed by atoms with Crippen molar-refractivity contribution in [2.75, 3.05) is 18.1 Å². The Labute approximate surface area is 135 Å². The number of aryl methyl sites for hydroxylation is 1. The third kappa shape index (κ3) is 3.84. The summed E-state index contributed by atoms with van der Waals surface area (Å²) in [5.41, 5.74) is 0.0686. The van der Waals surface area contributed by atoms with Gasteiger partial charge in [-0.25, -0.2) is 0 Å². The van der Waals surface area contributed by atoms with Crippen molar-refractivity contribution >= 4 is 11.8 Å². The zero-order valence-corrected chi connectivity index (χ0v) is 13.3. The van der Waals surface area contributed by atoms with E-state index in [9.17, 15) is 13.2 Å². The minimum Gasteiger partial charge on any atom is -0.287 e. The summed E-state index contributed by atoms with van der Waals surface area (Å²) in [6, 6.07) is 5.49. The summed E-state index contributed by atoms with van der Waals surface area (Å²) in [5, 5.41) is 11.9. The molecule has 1 aromatic carbocycles. The van der Waals surface area contributed by atoms with E-state index in [-0.39, 0.29) is 6.04 Å². The van der Waals surface area contributed by atoms with Gasteiger partial charge in [-0.15, -0.1) is 10.2 Å². The minimum absolute atomic E-state index is 0.0835. The van der Waals surface area contributed by atoms with Crippen LogP contribution < -0.4 is 0 Å². The van der Waals surface area contributed by atoms with Gasteiger partial charge in [0.05, 0.1) is 19.2 Å². The van der Waals surface area contributed by atoms with Gasteiger partial charge in [-0.2, -0.15) is 29.7 Å². The topological polar surface area (TPSA) is 46.8 Å². The van der Waals surface area contributed by atoms with Crippen molar-refractivity contribution in [3.63, 3.8) is 0 Å². The van der Waals surface area contributed by atoms with Crippen molar-refractivity contribution in [2.45, 2.75) is 18.8 Å². The van der Waals surface area contributed by atoms with Crippen LogP contribution in [0.1, 0.15) is 23.0 Å². The molecule has 1 saturated heterocycles. The maximum atomic E-state index is 12.9. The monoisotopic (exact) mass is 343 g/mol. The summed E-state index contributed by atoms with van der Waals surface area (Å²) in [6.45, 7) is 1.26. The second kappa shape index (κ2) is 6.48. The highest BCUT2D eigenvalue weighted by molar-refractivity contribution is 7.99. The van der Waals surface area contributed by atoms with Crippen LogP contribution in [0.15, 0.2) is 24.3 Å². The van der Waals surface area contributed by atoms with Gasteiger partial charge < -0.3 is 0 Å². The zero-order valence-electron chi connectivity index (χ0n) is 12.5. The number of hydrogen-bond acceptors (Lipinski definition) is 5. The second-order valence-corrected chi connectivity index (χ2v) is 6.53. The molecule has 0 spiro atoms. The summed E-state index contributed by atoms with van der Waals surface area (Å²) in [6.07, 6.45) is -4.32. The first-order valence-electron chi connectivity index (χ1n) is 7.15. The maximum absolute atomic E-state index is 12.9. The molecule has 1 aromatic heterocycles. The minimum atomic E-state index is -4.32. The van der Waals surface area contributed by atoms with Crippen molar-refractivity contribution in [2.24, 2.45) is 7.05 Å². The summed E-state index contributed by atoms with van der Waals surface area (Å²) < 4.78 is 38.8. The molecule has 2 aromatic rings. The van der Waals surface area contributed by atoms with Gasteiger partial charge in [-0.1, -0.05) is 12.1 Å². The van der Waals surface area contributed by atoms with E-state index in [1.807, 2.05) is 0 Å². The van der Waals surface area contributed by atoms with Crippen LogP contribution in [-0.4, -0.2) is 43.2 Å². The Balaban J connectivity index is 1.83. The Bertz CT molecular complexity index is 672. The first kappa shape index (κ1) is 16.3. The molecule has 1 aliphatic heterocycles. The van der Waals surface area contributed by atoms with Gasteiger partial charge in [0.15, 0.2) is 5.82 Å². The first-order valence-corrected chi connectivity index (χ1v) is 8.31. The molecule has 9 heteroatoms. The molecule has 0 N–H and O–H groups in total. The lowest BCUT2D eigenvalue weighted by Crippen LogP contribution is -2.36. The average molecular weight is 343 g/mol. The molecular formula is C14H16F3N5S. The third-order valence-electron chi connectivity index (χ3n) is 3.73. The highest BCUT2D eigenvalue weighted by Gasteiger charge is 2.32. The molecule has 124 valence electrons. The normalized spacial score (nSPS) is 19.9. The average Bonchev–Trinajstić information content (AvgIpc) is 2.92. The van der Waals surface area contributed by atoms with Crippen LogP contribution in [0.25, 0.3) is 0 Å². The molecule has 5 nitrogen and oxygen atoms in total. The van der Waals surface area contributed by atoms with Gasteiger partial charge in [0.1, 0.15) is 0 Å². The quantitative estimate of drug-likeness (QED) is 0.857. The first-order chi connectivity index (χ1) is 10.9. The Hall–Kier alpha value is -1.61. The van der Waals surface area contributed by atoms with E-state index in [2.05, 4.69) is 20.3 Å². The van der Waals surface area contributed by atoms with E-state index in [0.29, 0.717) is 17.9 Å². The van der Waals surface area contributed by atoms with Crippen molar-refractivity contribution in [3.8, 4) is 0 Å². The number of halogens is 3. The van der Waals surface area contributed by atoms with E-state index in [1.54, 1.807) is 24.9 Å². The van der Waals surface area contributed by atoms with Gasteiger partial charge in [-0.3, -0.25) is 4.90 Å². The fourth-order valence-corrected chi connectivity index (χ4v) is 3.78. The highest BCUT2D eigenvalue weighted by atomic mass is 32.2. The molecule has 1 aliphatic rings. The Morgan fingerprint density at radius 2 is 2.17 bits per heavy atom.